The second-order valence-corrected chi connectivity index (χ2v) is 6.32. The number of aromatic nitrogens is 1. The zero-order valence-corrected chi connectivity index (χ0v) is 10.7. The molecule has 0 amide bonds. The third-order valence-corrected chi connectivity index (χ3v) is 4.68. The van der Waals surface area contributed by atoms with Crippen LogP contribution in [0.2, 0.25) is 0 Å². The van der Waals surface area contributed by atoms with Gasteiger partial charge in [0.25, 0.3) is 10.0 Å². The third-order valence-electron chi connectivity index (χ3n) is 2.92. The predicted octanol–water partition coefficient (Wildman–Crippen LogP) is 0.502. The van der Waals surface area contributed by atoms with Crippen LogP contribution >= 0.6 is 0 Å². The summed E-state index contributed by atoms with van der Waals surface area (Å²) in [5.74, 6) is 0. The van der Waals surface area contributed by atoms with Gasteiger partial charge in [0.15, 0.2) is 5.03 Å². The van der Waals surface area contributed by atoms with Crippen LogP contribution in [0, 0.1) is 6.92 Å². The molecule has 2 N–H and O–H groups in total. The van der Waals surface area contributed by atoms with Crippen LogP contribution in [0.25, 0.3) is 0 Å². The number of pyridine rings is 1. The fourth-order valence-electron chi connectivity index (χ4n) is 1.97. The molecule has 2 rings (SSSR count). The average molecular weight is 255 g/mol. The summed E-state index contributed by atoms with van der Waals surface area (Å²) < 4.78 is 26.0. The van der Waals surface area contributed by atoms with E-state index >= 15 is 0 Å². The SMILES string of the molecule is Cc1ccnc(S(=O)(=O)N2CCC[C@@H](N)C2)c1. The molecule has 1 aromatic rings. The van der Waals surface area contributed by atoms with Gasteiger partial charge in [0.2, 0.25) is 0 Å². The number of rotatable bonds is 2. The number of hydrogen-bond acceptors (Lipinski definition) is 4. The van der Waals surface area contributed by atoms with Crippen molar-refractivity contribution < 1.29 is 8.42 Å². The number of nitrogens with zero attached hydrogens (tertiary/aromatic N) is 2. The molecule has 1 saturated heterocycles. The van der Waals surface area contributed by atoms with Gasteiger partial charge in [-0.2, -0.15) is 4.31 Å². The summed E-state index contributed by atoms with van der Waals surface area (Å²) in [5, 5.41) is 0.117. The summed E-state index contributed by atoms with van der Waals surface area (Å²) in [5.41, 5.74) is 6.69. The lowest BCUT2D eigenvalue weighted by molar-refractivity contribution is 0.315. The Kier molecular flexibility index (Phi) is 3.46. The van der Waals surface area contributed by atoms with Gasteiger partial charge >= 0.3 is 0 Å². The van der Waals surface area contributed by atoms with Crippen LogP contribution < -0.4 is 5.73 Å². The molecule has 0 bridgehead atoms. The molecule has 2 heterocycles. The van der Waals surface area contributed by atoms with Gasteiger partial charge in [-0.3, -0.25) is 0 Å². The van der Waals surface area contributed by atoms with Gasteiger partial charge in [0.1, 0.15) is 0 Å². The van der Waals surface area contributed by atoms with Crippen molar-refractivity contribution in [3.8, 4) is 0 Å². The van der Waals surface area contributed by atoms with Crippen LogP contribution in [0.1, 0.15) is 18.4 Å². The van der Waals surface area contributed by atoms with Gasteiger partial charge in [-0.05, 0) is 37.5 Å². The van der Waals surface area contributed by atoms with Gasteiger partial charge in [-0.25, -0.2) is 13.4 Å². The maximum Gasteiger partial charge on any atom is 0.260 e. The van der Waals surface area contributed by atoms with Crippen molar-refractivity contribution in [1.82, 2.24) is 9.29 Å². The zero-order valence-electron chi connectivity index (χ0n) is 9.83. The smallest absolute Gasteiger partial charge is 0.260 e. The Labute approximate surface area is 102 Å². The highest BCUT2D eigenvalue weighted by molar-refractivity contribution is 7.89. The summed E-state index contributed by atoms with van der Waals surface area (Å²) in [6.45, 7) is 2.77. The quantitative estimate of drug-likeness (QED) is 0.835. The van der Waals surface area contributed by atoms with Crippen LogP contribution in [-0.4, -0.2) is 36.8 Å². The summed E-state index contributed by atoms with van der Waals surface area (Å²) in [7, 11) is -3.48. The maximum atomic E-state index is 12.3. The number of nitrogens with two attached hydrogens (primary N) is 1. The average Bonchev–Trinajstić information content (AvgIpc) is 2.29. The Morgan fingerprint density at radius 3 is 2.94 bits per heavy atom. The highest BCUT2D eigenvalue weighted by Gasteiger charge is 2.29. The third kappa shape index (κ3) is 2.65. The van der Waals surface area contributed by atoms with Gasteiger partial charge in [0, 0.05) is 25.3 Å². The standard InChI is InChI=1S/C11H17N3O2S/c1-9-4-5-13-11(7-9)17(15,16)14-6-2-3-10(12)8-14/h4-5,7,10H,2-3,6,8,12H2,1H3/t10-/m1/s1. The van der Waals surface area contributed by atoms with Crippen molar-refractivity contribution in [2.75, 3.05) is 13.1 Å². The largest absolute Gasteiger partial charge is 0.327 e. The topological polar surface area (TPSA) is 76.3 Å². The first-order valence-electron chi connectivity index (χ1n) is 5.68. The predicted molar refractivity (Wildman–Crippen MR) is 64.9 cm³/mol. The minimum Gasteiger partial charge on any atom is -0.327 e. The molecule has 0 saturated carbocycles. The number of piperidine rings is 1. The van der Waals surface area contributed by atoms with Gasteiger partial charge < -0.3 is 5.73 Å². The van der Waals surface area contributed by atoms with E-state index in [4.69, 9.17) is 5.73 Å². The zero-order chi connectivity index (χ0) is 12.5. The van der Waals surface area contributed by atoms with E-state index < -0.39 is 10.0 Å². The van der Waals surface area contributed by atoms with Gasteiger partial charge in [-0.15, -0.1) is 0 Å². The second-order valence-electron chi connectivity index (χ2n) is 4.44. The number of hydrogen-bond donors (Lipinski definition) is 1. The molecule has 0 unspecified atom stereocenters. The molecule has 1 aliphatic heterocycles. The van der Waals surface area contributed by atoms with Crippen LogP contribution in [-0.2, 0) is 10.0 Å². The van der Waals surface area contributed by atoms with Crippen molar-refractivity contribution in [3.05, 3.63) is 23.9 Å². The van der Waals surface area contributed by atoms with Crippen molar-refractivity contribution >= 4 is 10.0 Å². The fraction of sp³-hybridized carbons (Fsp3) is 0.545. The van der Waals surface area contributed by atoms with Crippen molar-refractivity contribution in [3.63, 3.8) is 0 Å². The summed E-state index contributed by atoms with van der Waals surface area (Å²) in [4.78, 5) is 3.94. The van der Waals surface area contributed by atoms with Crippen LogP contribution in [0.15, 0.2) is 23.4 Å². The first-order valence-corrected chi connectivity index (χ1v) is 7.12. The normalized spacial score (nSPS) is 22.6. The molecular formula is C11H17N3O2S. The van der Waals surface area contributed by atoms with Gasteiger partial charge in [0.05, 0.1) is 0 Å². The first kappa shape index (κ1) is 12.5. The lowest BCUT2D eigenvalue weighted by Crippen LogP contribution is -2.45. The van der Waals surface area contributed by atoms with Crippen LogP contribution in [0.3, 0.4) is 0 Å². The van der Waals surface area contributed by atoms with E-state index in [1.807, 2.05) is 6.92 Å². The molecular weight excluding hydrogens is 238 g/mol. The second kappa shape index (κ2) is 4.72. The highest BCUT2D eigenvalue weighted by atomic mass is 32.2. The van der Waals surface area contributed by atoms with Crippen LogP contribution in [0.4, 0.5) is 0 Å². The molecule has 17 heavy (non-hydrogen) atoms. The minimum absolute atomic E-state index is 0.0664. The lowest BCUT2D eigenvalue weighted by Gasteiger charge is -2.29. The van der Waals surface area contributed by atoms with Gasteiger partial charge in [-0.1, -0.05) is 0 Å². The van der Waals surface area contributed by atoms with E-state index in [0.717, 1.165) is 18.4 Å². The molecule has 0 aromatic carbocycles. The molecule has 94 valence electrons. The van der Waals surface area contributed by atoms with Crippen molar-refractivity contribution in [2.45, 2.75) is 30.8 Å². The molecule has 6 heteroatoms. The summed E-state index contributed by atoms with van der Waals surface area (Å²) >= 11 is 0. The van der Waals surface area contributed by atoms with E-state index in [0.29, 0.717) is 13.1 Å². The first-order chi connectivity index (χ1) is 8.00. The monoisotopic (exact) mass is 255 g/mol. The molecule has 1 atom stereocenters. The van der Waals surface area contributed by atoms with Crippen molar-refractivity contribution in [1.29, 1.82) is 0 Å². The molecule has 5 nitrogen and oxygen atoms in total. The van der Waals surface area contributed by atoms with E-state index in [1.165, 1.54) is 10.5 Å². The molecule has 0 aliphatic carbocycles. The lowest BCUT2D eigenvalue weighted by atomic mass is 10.1. The Morgan fingerprint density at radius 1 is 1.53 bits per heavy atom. The Bertz CT molecular complexity index is 501. The molecule has 0 spiro atoms. The Balaban J connectivity index is 2.29. The van der Waals surface area contributed by atoms with E-state index in [9.17, 15) is 8.42 Å². The summed E-state index contributed by atoms with van der Waals surface area (Å²) in [6, 6.07) is 3.31. The fourth-order valence-corrected chi connectivity index (χ4v) is 3.52. The molecule has 0 radical (unpaired) electrons. The molecule has 1 fully saturated rings. The molecule has 1 aromatic heterocycles. The Morgan fingerprint density at radius 2 is 2.29 bits per heavy atom. The van der Waals surface area contributed by atoms with E-state index in [1.54, 1.807) is 12.1 Å². The maximum absolute atomic E-state index is 12.3. The Hall–Kier alpha value is -0.980. The molecule has 1 aliphatic rings. The summed E-state index contributed by atoms with van der Waals surface area (Å²) in [6.07, 6.45) is 3.21. The minimum atomic E-state index is -3.48. The number of sulfonamides is 1. The highest BCUT2D eigenvalue weighted by Crippen LogP contribution is 2.18. The number of aryl methyl sites for hydroxylation is 1. The van der Waals surface area contributed by atoms with Crippen molar-refractivity contribution in [2.24, 2.45) is 5.73 Å². The van der Waals surface area contributed by atoms with E-state index in [-0.39, 0.29) is 11.1 Å². The van der Waals surface area contributed by atoms with E-state index in [2.05, 4.69) is 4.98 Å². The van der Waals surface area contributed by atoms with Crippen LogP contribution in [0.5, 0.6) is 0 Å².